The highest BCUT2D eigenvalue weighted by Gasteiger charge is 2.21. The maximum absolute atomic E-state index is 13.6. The van der Waals surface area contributed by atoms with Crippen LogP contribution in [0.5, 0.6) is 11.5 Å². The van der Waals surface area contributed by atoms with E-state index in [0.717, 1.165) is 22.2 Å². The third kappa shape index (κ3) is 8.34. The number of amides is 1. The van der Waals surface area contributed by atoms with Gasteiger partial charge in [0, 0.05) is 15.6 Å². The Hall–Kier alpha value is -3.34. The highest BCUT2D eigenvalue weighted by atomic mass is 35.5. The van der Waals surface area contributed by atoms with Gasteiger partial charge in [0.05, 0.1) is 24.8 Å². The van der Waals surface area contributed by atoms with Crippen molar-refractivity contribution in [2.24, 2.45) is 5.10 Å². The molecule has 0 aliphatic rings. The van der Waals surface area contributed by atoms with E-state index in [4.69, 9.17) is 32.7 Å². The fourth-order valence-electron chi connectivity index (χ4n) is 3.16. The topological polar surface area (TPSA) is 97.3 Å². The van der Waals surface area contributed by atoms with Crippen molar-refractivity contribution in [2.75, 3.05) is 23.7 Å². The summed E-state index contributed by atoms with van der Waals surface area (Å²) in [5.74, 6) is -0.403. The first kappa shape index (κ1) is 28.2. The number of rotatable bonds is 11. The quantitative estimate of drug-likeness (QED) is 0.259. The molecule has 0 unspecified atom stereocenters. The predicted molar refractivity (Wildman–Crippen MR) is 143 cm³/mol. The Morgan fingerprint density at radius 2 is 1.86 bits per heavy atom. The lowest BCUT2D eigenvalue weighted by Gasteiger charge is -2.21. The Morgan fingerprint density at radius 3 is 2.54 bits per heavy atom. The molecule has 0 radical (unpaired) electrons. The number of carbonyl (C=O) groups is 1. The van der Waals surface area contributed by atoms with Crippen LogP contribution >= 0.6 is 23.2 Å². The summed E-state index contributed by atoms with van der Waals surface area (Å²) in [5, 5.41) is 4.89. The molecule has 1 amide bonds. The van der Waals surface area contributed by atoms with Crippen molar-refractivity contribution in [1.29, 1.82) is 0 Å². The van der Waals surface area contributed by atoms with Gasteiger partial charge in [-0.2, -0.15) is 5.10 Å². The molecule has 37 heavy (non-hydrogen) atoms. The third-order valence-corrected chi connectivity index (χ3v) is 6.58. The Bertz CT molecular complexity index is 1400. The molecule has 8 nitrogen and oxygen atoms in total. The van der Waals surface area contributed by atoms with Crippen molar-refractivity contribution in [3.63, 3.8) is 0 Å². The summed E-state index contributed by atoms with van der Waals surface area (Å²) >= 11 is 12.1. The van der Waals surface area contributed by atoms with Gasteiger partial charge >= 0.3 is 0 Å². The normalized spacial score (nSPS) is 11.4. The SMILES string of the molecule is CCOc1cc(/C=N\NC(=O)CN(c2cccc(F)c2)S(C)(=O)=O)ccc1OCc1ccc(Cl)cc1Cl. The van der Waals surface area contributed by atoms with E-state index in [-0.39, 0.29) is 12.3 Å². The fraction of sp³-hybridized carbons (Fsp3) is 0.200. The van der Waals surface area contributed by atoms with Gasteiger partial charge < -0.3 is 9.47 Å². The molecule has 196 valence electrons. The molecule has 12 heteroatoms. The van der Waals surface area contributed by atoms with Crippen LogP contribution in [0.1, 0.15) is 18.1 Å². The Labute approximate surface area is 224 Å². The number of ether oxygens (including phenoxy) is 2. The molecule has 0 aromatic heterocycles. The van der Waals surface area contributed by atoms with Crippen LogP contribution in [-0.2, 0) is 21.4 Å². The first-order chi connectivity index (χ1) is 17.6. The molecule has 0 saturated carbocycles. The second-order valence-corrected chi connectivity index (χ2v) is 10.5. The van der Waals surface area contributed by atoms with Crippen LogP contribution in [0, 0.1) is 5.82 Å². The van der Waals surface area contributed by atoms with Crippen LogP contribution in [0.3, 0.4) is 0 Å². The van der Waals surface area contributed by atoms with Gasteiger partial charge in [-0.1, -0.05) is 35.3 Å². The van der Waals surface area contributed by atoms with E-state index in [0.29, 0.717) is 33.7 Å². The number of anilines is 1. The Kier molecular flexibility index (Phi) is 9.73. The Morgan fingerprint density at radius 1 is 1.08 bits per heavy atom. The standard InChI is InChI=1S/C25H24Cl2FN3O5S/c1-3-35-24-11-17(7-10-23(24)36-16-18-8-9-19(26)12-22(18)27)14-29-30-25(32)15-31(37(2,33)34)21-6-4-5-20(28)13-21/h4-14H,3,15-16H2,1-2H3,(H,30,32)/b29-14-. The summed E-state index contributed by atoms with van der Waals surface area (Å²) < 4.78 is 50.1. The molecule has 1 N–H and O–H groups in total. The minimum absolute atomic E-state index is 0.0264. The molecule has 0 heterocycles. The lowest BCUT2D eigenvalue weighted by atomic mass is 10.2. The minimum atomic E-state index is -3.85. The van der Waals surface area contributed by atoms with Crippen LogP contribution in [0.15, 0.2) is 65.8 Å². The number of nitrogens with zero attached hydrogens (tertiary/aromatic N) is 2. The molecule has 0 bridgehead atoms. The summed E-state index contributed by atoms with van der Waals surface area (Å²) in [4.78, 5) is 12.4. The zero-order valence-electron chi connectivity index (χ0n) is 19.9. The maximum Gasteiger partial charge on any atom is 0.260 e. The highest BCUT2D eigenvalue weighted by molar-refractivity contribution is 7.92. The summed E-state index contributed by atoms with van der Waals surface area (Å²) in [6.07, 6.45) is 2.29. The maximum atomic E-state index is 13.6. The van der Waals surface area contributed by atoms with Crippen molar-refractivity contribution < 1.29 is 27.1 Å². The summed E-state index contributed by atoms with van der Waals surface area (Å²) in [6.45, 7) is 1.83. The zero-order chi connectivity index (χ0) is 27.0. The first-order valence-electron chi connectivity index (χ1n) is 11.0. The van der Waals surface area contributed by atoms with Gasteiger partial charge in [-0.15, -0.1) is 0 Å². The second kappa shape index (κ2) is 12.8. The smallest absolute Gasteiger partial charge is 0.260 e. The van der Waals surface area contributed by atoms with E-state index in [2.05, 4.69) is 10.5 Å². The Balaban J connectivity index is 1.66. The van der Waals surface area contributed by atoms with Crippen LogP contribution in [0.4, 0.5) is 10.1 Å². The number of benzene rings is 3. The van der Waals surface area contributed by atoms with Crippen molar-refractivity contribution in [3.05, 3.63) is 87.7 Å². The van der Waals surface area contributed by atoms with Crippen LogP contribution < -0.4 is 19.2 Å². The van der Waals surface area contributed by atoms with Crippen LogP contribution in [0.25, 0.3) is 0 Å². The molecule has 0 aliphatic heterocycles. The first-order valence-corrected chi connectivity index (χ1v) is 13.6. The summed E-state index contributed by atoms with van der Waals surface area (Å²) in [7, 11) is -3.85. The second-order valence-electron chi connectivity index (χ2n) is 7.71. The number of halogens is 3. The molecule has 0 saturated heterocycles. The minimum Gasteiger partial charge on any atom is -0.490 e. The van der Waals surface area contributed by atoms with E-state index >= 15 is 0 Å². The largest absolute Gasteiger partial charge is 0.490 e. The predicted octanol–water partition coefficient (Wildman–Crippen LogP) is 5.03. The number of hydrogen-bond donors (Lipinski definition) is 1. The number of hydrogen-bond acceptors (Lipinski definition) is 6. The van der Waals surface area contributed by atoms with Gasteiger partial charge in [0.15, 0.2) is 11.5 Å². The van der Waals surface area contributed by atoms with Gasteiger partial charge in [0.25, 0.3) is 5.91 Å². The number of sulfonamides is 1. The fourth-order valence-corrected chi connectivity index (χ4v) is 4.47. The average molecular weight is 568 g/mol. The van der Waals surface area contributed by atoms with Gasteiger partial charge in [-0.3, -0.25) is 9.10 Å². The summed E-state index contributed by atoms with van der Waals surface area (Å²) in [5.41, 5.74) is 3.64. The molecule has 0 fully saturated rings. The molecular formula is C25H24Cl2FN3O5S. The lowest BCUT2D eigenvalue weighted by molar-refractivity contribution is -0.119. The van der Waals surface area contributed by atoms with E-state index in [1.54, 1.807) is 36.4 Å². The molecule has 0 spiro atoms. The van der Waals surface area contributed by atoms with Crippen LogP contribution in [-0.4, -0.2) is 39.9 Å². The monoisotopic (exact) mass is 567 g/mol. The van der Waals surface area contributed by atoms with E-state index < -0.39 is 28.3 Å². The van der Waals surface area contributed by atoms with Crippen molar-refractivity contribution in [1.82, 2.24) is 5.43 Å². The summed E-state index contributed by atoms with van der Waals surface area (Å²) in [6, 6.07) is 15.1. The third-order valence-electron chi connectivity index (χ3n) is 4.85. The van der Waals surface area contributed by atoms with Gasteiger partial charge in [-0.05, 0) is 61.0 Å². The molecule has 0 aliphatic carbocycles. The van der Waals surface area contributed by atoms with Crippen molar-refractivity contribution >= 4 is 51.0 Å². The van der Waals surface area contributed by atoms with Gasteiger partial charge in [-0.25, -0.2) is 18.2 Å². The van der Waals surface area contributed by atoms with Gasteiger partial charge in [0.2, 0.25) is 10.0 Å². The molecular weight excluding hydrogens is 544 g/mol. The van der Waals surface area contributed by atoms with Gasteiger partial charge in [0.1, 0.15) is 19.0 Å². The van der Waals surface area contributed by atoms with E-state index in [1.165, 1.54) is 24.4 Å². The number of hydrazone groups is 1. The number of nitrogens with one attached hydrogen (secondary N) is 1. The van der Waals surface area contributed by atoms with E-state index in [1.807, 2.05) is 6.92 Å². The molecule has 3 aromatic rings. The van der Waals surface area contributed by atoms with Crippen molar-refractivity contribution in [3.8, 4) is 11.5 Å². The molecule has 3 aromatic carbocycles. The highest BCUT2D eigenvalue weighted by Crippen LogP contribution is 2.30. The average Bonchev–Trinajstić information content (AvgIpc) is 2.82. The van der Waals surface area contributed by atoms with E-state index in [9.17, 15) is 17.6 Å². The molecule has 3 rings (SSSR count). The molecule has 0 atom stereocenters. The van der Waals surface area contributed by atoms with Crippen LogP contribution in [0.2, 0.25) is 10.0 Å². The zero-order valence-corrected chi connectivity index (χ0v) is 22.3. The lowest BCUT2D eigenvalue weighted by Crippen LogP contribution is -2.39. The number of carbonyl (C=O) groups excluding carboxylic acids is 1. The van der Waals surface area contributed by atoms with Crippen molar-refractivity contribution in [2.45, 2.75) is 13.5 Å².